The van der Waals surface area contributed by atoms with Crippen LogP contribution in [0.5, 0.6) is 0 Å². The summed E-state index contributed by atoms with van der Waals surface area (Å²) in [5, 5.41) is 7.19. The first-order valence-corrected chi connectivity index (χ1v) is 10.7. The van der Waals surface area contributed by atoms with E-state index in [0.29, 0.717) is 28.6 Å². The third kappa shape index (κ3) is 4.45. The predicted molar refractivity (Wildman–Crippen MR) is 114 cm³/mol. The van der Waals surface area contributed by atoms with Gasteiger partial charge in [-0.15, -0.1) is 0 Å². The number of nitrogens with one attached hydrogen (secondary N) is 1. The van der Waals surface area contributed by atoms with E-state index in [-0.39, 0.29) is 27.2 Å². The molecule has 0 saturated heterocycles. The molecule has 1 heterocycles. The van der Waals surface area contributed by atoms with Crippen LogP contribution in [0.2, 0.25) is 10.0 Å². The monoisotopic (exact) mass is 522 g/mol. The van der Waals surface area contributed by atoms with E-state index < -0.39 is 18.2 Å². The van der Waals surface area contributed by atoms with E-state index in [2.05, 4.69) is 26.4 Å². The molecule has 160 valence electrons. The van der Waals surface area contributed by atoms with Crippen LogP contribution in [0.3, 0.4) is 0 Å². The van der Waals surface area contributed by atoms with Gasteiger partial charge >= 0.3 is 6.18 Å². The van der Waals surface area contributed by atoms with Crippen molar-refractivity contribution in [2.45, 2.75) is 25.1 Å². The minimum Gasteiger partial charge on any atom is -0.374 e. The largest absolute Gasteiger partial charge is 0.435 e. The lowest BCUT2D eigenvalue weighted by Gasteiger charge is -2.29. The summed E-state index contributed by atoms with van der Waals surface area (Å²) in [5.74, 6) is -0.263. The van der Waals surface area contributed by atoms with Gasteiger partial charge in [0, 0.05) is 39.5 Å². The van der Waals surface area contributed by atoms with Gasteiger partial charge < -0.3 is 10.2 Å². The Morgan fingerprint density at radius 2 is 1.90 bits per heavy atom. The Hall–Kier alpha value is -1.77. The Morgan fingerprint density at radius 1 is 1.23 bits per heavy atom. The Bertz CT molecular complexity index is 994. The first-order valence-electron chi connectivity index (χ1n) is 8.81. The molecule has 1 aliphatic heterocycles. The van der Waals surface area contributed by atoms with Gasteiger partial charge in [-0.05, 0) is 48.4 Å². The molecule has 1 aliphatic rings. The summed E-state index contributed by atoms with van der Waals surface area (Å²) in [6, 6.07) is 8.40. The number of alkyl halides is 4. The van der Waals surface area contributed by atoms with Gasteiger partial charge in [-0.25, -0.2) is 0 Å². The van der Waals surface area contributed by atoms with Crippen LogP contribution in [0.15, 0.2) is 41.6 Å². The van der Waals surface area contributed by atoms with Crippen molar-refractivity contribution in [2.24, 2.45) is 5.16 Å². The number of carbonyl (C=O) groups excluding carboxylic acids is 1. The number of hydrogen-bond donors (Lipinski definition) is 1. The van der Waals surface area contributed by atoms with Crippen LogP contribution in [-0.2, 0) is 10.4 Å². The molecule has 0 radical (unpaired) electrons. The van der Waals surface area contributed by atoms with Gasteiger partial charge in [0.2, 0.25) is 0 Å². The Balaban J connectivity index is 1.93. The summed E-state index contributed by atoms with van der Waals surface area (Å²) in [5.41, 5.74) is -1.34. The average Bonchev–Trinajstić information content (AvgIpc) is 3.12. The van der Waals surface area contributed by atoms with E-state index in [0.717, 1.165) is 0 Å². The van der Waals surface area contributed by atoms with E-state index in [1.165, 1.54) is 18.2 Å². The van der Waals surface area contributed by atoms with Gasteiger partial charge in [0.1, 0.15) is 0 Å². The Morgan fingerprint density at radius 3 is 2.47 bits per heavy atom. The number of rotatable bonds is 5. The SMILES string of the molecule is Cc1cc(C2=NOC(c3cc(Cl)cc(Cl)c3)(C(F)(F)F)C2)ccc1C(=O)NCCBr. The van der Waals surface area contributed by atoms with Crippen LogP contribution in [0.1, 0.15) is 33.5 Å². The summed E-state index contributed by atoms with van der Waals surface area (Å²) in [6.45, 7) is 2.16. The molecule has 1 amide bonds. The standard InChI is InChI=1S/C20H16BrCl2F3N2O2/c1-11-6-12(2-3-16(11)18(29)27-5-4-21)17-10-19(30-28-17,20(24,25)26)13-7-14(22)9-15(23)8-13/h2-3,6-9H,4-5,10H2,1H3,(H,27,29). The summed E-state index contributed by atoms with van der Waals surface area (Å²) >= 11 is 15.1. The van der Waals surface area contributed by atoms with Gasteiger partial charge in [0.15, 0.2) is 0 Å². The lowest BCUT2D eigenvalue weighted by Crippen LogP contribution is -2.42. The fourth-order valence-corrected chi connectivity index (χ4v) is 3.92. The zero-order valence-electron chi connectivity index (χ0n) is 15.6. The number of nitrogens with zero attached hydrogens (tertiary/aromatic N) is 1. The summed E-state index contributed by atoms with van der Waals surface area (Å²) < 4.78 is 42.2. The zero-order valence-corrected chi connectivity index (χ0v) is 18.7. The van der Waals surface area contributed by atoms with Crippen molar-refractivity contribution in [3.8, 4) is 0 Å². The van der Waals surface area contributed by atoms with Gasteiger partial charge in [-0.3, -0.25) is 4.79 Å². The van der Waals surface area contributed by atoms with E-state index in [1.54, 1.807) is 25.1 Å². The fourth-order valence-electron chi connectivity index (χ4n) is 3.20. The van der Waals surface area contributed by atoms with Crippen molar-refractivity contribution < 1.29 is 22.8 Å². The maximum atomic E-state index is 14.1. The van der Waals surface area contributed by atoms with E-state index >= 15 is 0 Å². The molecular weight excluding hydrogens is 508 g/mol. The minimum absolute atomic E-state index is 0.0628. The highest BCUT2D eigenvalue weighted by atomic mass is 79.9. The van der Waals surface area contributed by atoms with Gasteiger partial charge in [0.05, 0.1) is 5.71 Å². The lowest BCUT2D eigenvalue weighted by molar-refractivity contribution is -0.275. The second-order valence-electron chi connectivity index (χ2n) is 6.76. The molecule has 1 N–H and O–H groups in total. The topological polar surface area (TPSA) is 50.7 Å². The van der Waals surface area contributed by atoms with Crippen LogP contribution < -0.4 is 5.32 Å². The molecule has 0 aliphatic carbocycles. The number of aryl methyl sites for hydroxylation is 1. The summed E-state index contributed by atoms with van der Waals surface area (Å²) in [7, 11) is 0. The van der Waals surface area contributed by atoms with Gasteiger partial charge in [-0.2, -0.15) is 13.2 Å². The van der Waals surface area contributed by atoms with E-state index in [9.17, 15) is 18.0 Å². The molecule has 0 bridgehead atoms. The number of benzene rings is 2. The van der Waals surface area contributed by atoms with E-state index in [1.807, 2.05) is 0 Å². The van der Waals surface area contributed by atoms with Crippen LogP contribution in [0.25, 0.3) is 0 Å². The molecule has 1 atom stereocenters. The maximum Gasteiger partial charge on any atom is 0.435 e. The molecule has 0 spiro atoms. The number of halogens is 6. The smallest absolute Gasteiger partial charge is 0.374 e. The molecule has 2 aromatic carbocycles. The second-order valence-corrected chi connectivity index (χ2v) is 8.43. The van der Waals surface area contributed by atoms with Gasteiger partial charge in [-0.1, -0.05) is 50.4 Å². The highest BCUT2D eigenvalue weighted by Gasteiger charge is 2.62. The minimum atomic E-state index is -4.77. The predicted octanol–water partition coefficient (Wildman–Crippen LogP) is 6.01. The highest BCUT2D eigenvalue weighted by Crippen LogP contribution is 2.49. The first-order chi connectivity index (χ1) is 14.1. The molecule has 10 heteroatoms. The molecule has 2 aromatic rings. The highest BCUT2D eigenvalue weighted by molar-refractivity contribution is 9.09. The molecule has 0 aromatic heterocycles. The third-order valence-electron chi connectivity index (χ3n) is 4.70. The van der Waals surface area contributed by atoms with Crippen molar-refractivity contribution in [1.82, 2.24) is 5.32 Å². The quantitative estimate of drug-likeness (QED) is 0.488. The molecule has 4 nitrogen and oxygen atoms in total. The Kier molecular flexibility index (Phi) is 6.69. The van der Waals surface area contributed by atoms with Crippen molar-refractivity contribution in [3.63, 3.8) is 0 Å². The Labute approximate surface area is 189 Å². The van der Waals surface area contributed by atoms with Crippen molar-refractivity contribution in [2.75, 3.05) is 11.9 Å². The van der Waals surface area contributed by atoms with Crippen LogP contribution in [0.4, 0.5) is 13.2 Å². The number of carbonyl (C=O) groups is 1. The van der Waals surface area contributed by atoms with Crippen molar-refractivity contribution >= 4 is 50.8 Å². The van der Waals surface area contributed by atoms with E-state index in [4.69, 9.17) is 28.0 Å². The molecule has 1 unspecified atom stereocenters. The van der Waals surface area contributed by atoms with Crippen LogP contribution >= 0.6 is 39.1 Å². The fraction of sp³-hybridized carbons (Fsp3) is 0.300. The van der Waals surface area contributed by atoms with Crippen molar-refractivity contribution in [1.29, 1.82) is 0 Å². The molecular formula is C20H16BrCl2F3N2O2. The number of amides is 1. The molecule has 0 saturated carbocycles. The number of oxime groups is 1. The number of hydrogen-bond acceptors (Lipinski definition) is 3. The second kappa shape index (κ2) is 8.77. The first kappa shape index (κ1) is 22.9. The summed E-state index contributed by atoms with van der Waals surface area (Å²) in [4.78, 5) is 17.2. The van der Waals surface area contributed by atoms with Crippen LogP contribution in [-0.4, -0.2) is 29.7 Å². The average molecular weight is 524 g/mol. The zero-order chi connectivity index (χ0) is 22.1. The normalized spacial score (nSPS) is 18.7. The molecule has 30 heavy (non-hydrogen) atoms. The van der Waals surface area contributed by atoms with Crippen molar-refractivity contribution in [3.05, 3.63) is 68.7 Å². The lowest BCUT2D eigenvalue weighted by atomic mass is 9.86. The van der Waals surface area contributed by atoms with Crippen LogP contribution in [0, 0.1) is 6.92 Å². The van der Waals surface area contributed by atoms with Gasteiger partial charge in [0.25, 0.3) is 11.5 Å². The molecule has 0 fully saturated rings. The summed E-state index contributed by atoms with van der Waals surface area (Å²) in [6.07, 6.45) is -5.32. The maximum absolute atomic E-state index is 14.1. The third-order valence-corrected chi connectivity index (χ3v) is 5.53. The molecule has 3 rings (SSSR count).